The molecular formula is C7H3F5O2. The van der Waals surface area contributed by atoms with Crippen LogP contribution in [-0.2, 0) is 0 Å². The van der Waals surface area contributed by atoms with Gasteiger partial charge in [-0.3, -0.25) is 4.79 Å². The first-order chi connectivity index (χ1) is 6.27. The molecule has 0 aliphatic heterocycles. The molecule has 0 unspecified atom stereocenters. The highest BCUT2D eigenvalue weighted by Gasteiger charge is 2.64. The summed E-state index contributed by atoms with van der Waals surface area (Å²) in [4.78, 5) is 10.6. The van der Waals surface area contributed by atoms with Crippen LogP contribution >= 0.6 is 0 Å². The van der Waals surface area contributed by atoms with Crippen LogP contribution < -0.4 is 0 Å². The summed E-state index contributed by atoms with van der Waals surface area (Å²) >= 11 is 0. The first-order valence-corrected chi connectivity index (χ1v) is 3.29. The summed E-state index contributed by atoms with van der Waals surface area (Å²) < 4.78 is 63.8. The zero-order chi connectivity index (χ0) is 11.0. The van der Waals surface area contributed by atoms with Gasteiger partial charge in [-0.1, -0.05) is 0 Å². The van der Waals surface area contributed by atoms with Gasteiger partial charge in [0.2, 0.25) is 0 Å². The van der Waals surface area contributed by atoms with Crippen LogP contribution in [0.2, 0.25) is 0 Å². The van der Waals surface area contributed by atoms with Gasteiger partial charge in [0.1, 0.15) is 0 Å². The number of Topliss-reactive ketones (excluding diaryl/α,β-unsaturated/α-hetero) is 1. The average molecular weight is 214 g/mol. The number of ketones is 1. The van der Waals surface area contributed by atoms with Crippen molar-refractivity contribution < 1.29 is 31.2 Å². The van der Waals surface area contributed by atoms with Crippen LogP contribution in [0.4, 0.5) is 22.0 Å². The van der Waals surface area contributed by atoms with E-state index in [9.17, 15) is 26.7 Å². The minimum Gasteiger partial charge on any atom is -0.461 e. The first kappa shape index (κ1) is 10.7. The molecule has 7 heteroatoms. The lowest BCUT2D eigenvalue weighted by Crippen LogP contribution is -2.43. The van der Waals surface area contributed by atoms with Crippen molar-refractivity contribution in [3.05, 3.63) is 24.2 Å². The lowest BCUT2D eigenvalue weighted by Gasteiger charge is -2.16. The molecule has 1 aromatic rings. The van der Waals surface area contributed by atoms with E-state index in [0.717, 1.165) is 18.4 Å². The molecule has 2 nitrogen and oxygen atoms in total. The fourth-order valence-corrected chi connectivity index (χ4v) is 0.691. The molecule has 78 valence electrons. The van der Waals surface area contributed by atoms with Crippen LogP contribution in [0.1, 0.15) is 10.6 Å². The summed E-state index contributed by atoms with van der Waals surface area (Å²) in [5.41, 5.74) is 0. The fraction of sp³-hybridized carbons (Fsp3) is 0.286. The third-order valence-corrected chi connectivity index (χ3v) is 1.39. The lowest BCUT2D eigenvalue weighted by molar-refractivity contribution is -0.256. The van der Waals surface area contributed by atoms with Gasteiger partial charge in [0.05, 0.1) is 6.26 Å². The van der Waals surface area contributed by atoms with Crippen molar-refractivity contribution in [3.8, 4) is 0 Å². The highest BCUT2D eigenvalue weighted by atomic mass is 19.4. The third-order valence-electron chi connectivity index (χ3n) is 1.39. The van der Waals surface area contributed by atoms with Gasteiger partial charge in [0.25, 0.3) is 5.78 Å². The van der Waals surface area contributed by atoms with Crippen LogP contribution in [-0.4, -0.2) is 17.9 Å². The van der Waals surface area contributed by atoms with Crippen molar-refractivity contribution in [1.82, 2.24) is 0 Å². The van der Waals surface area contributed by atoms with E-state index in [-0.39, 0.29) is 0 Å². The number of halogens is 5. The number of rotatable bonds is 2. The maximum atomic E-state index is 12.4. The Morgan fingerprint density at radius 2 is 1.79 bits per heavy atom. The van der Waals surface area contributed by atoms with E-state index < -0.39 is 23.6 Å². The predicted molar refractivity (Wildman–Crippen MR) is 34.0 cm³/mol. The Kier molecular flexibility index (Phi) is 2.34. The predicted octanol–water partition coefficient (Wildman–Crippen LogP) is 2.66. The van der Waals surface area contributed by atoms with Crippen molar-refractivity contribution in [1.29, 1.82) is 0 Å². The van der Waals surface area contributed by atoms with Crippen molar-refractivity contribution in [2.24, 2.45) is 0 Å². The molecule has 0 saturated heterocycles. The van der Waals surface area contributed by atoms with Crippen molar-refractivity contribution in [3.63, 3.8) is 0 Å². The highest BCUT2D eigenvalue weighted by Crippen LogP contribution is 2.37. The number of hydrogen-bond donors (Lipinski definition) is 0. The highest BCUT2D eigenvalue weighted by molar-refractivity contribution is 5.99. The molecule has 0 fully saturated rings. The Hall–Kier alpha value is -1.40. The van der Waals surface area contributed by atoms with Crippen LogP contribution in [0.25, 0.3) is 0 Å². The Labute approximate surface area is 74.3 Å². The van der Waals surface area contributed by atoms with Crippen molar-refractivity contribution in [2.75, 3.05) is 0 Å². The average Bonchev–Trinajstić information content (AvgIpc) is 2.52. The molecule has 14 heavy (non-hydrogen) atoms. The number of alkyl halides is 5. The SMILES string of the molecule is O=C(c1ccco1)C(F)(F)C(F)(F)F. The summed E-state index contributed by atoms with van der Waals surface area (Å²) in [7, 11) is 0. The van der Waals surface area contributed by atoms with Crippen LogP contribution in [0, 0.1) is 0 Å². The maximum Gasteiger partial charge on any atom is 0.461 e. The van der Waals surface area contributed by atoms with Gasteiger partial charge in [0.15, 0.2) is 5.76 Å². The Morgan fingerprint density at radius 1 is 1.21 bits per heavy atom. The van der Waals surface area contributed by atoms with E-state index in [1.54, 1.807) is 0 Å². The molecule has 1 aromatic heterocycles. The van der Waals surface area contributed by atoms with Gasteiger partial charge < -0.3 is 4.42 Å². The molecule has 0 amide bonds. The summed E-state index contributed by atoms with van der Waals surface area (Å²) in [6, 6.07) is 1.78. The van der Waals surface area contributed by atoms with Crippen molar-refractivity contribution >= 4 is 5.78 Å². The lowest BCUT2D eigenvalue weighted by atomic mass is 10.1. The number of hydrogen-bond acceptors (Lipinski definition) is 2. The minimum atomic E-state index is -5.91. The summed E-state index contributed by atoms with van der Waals surface area (Å²) in [5, 5.41) is 0. The largest absolute Gasteiger partial charge is 0.461 e. The van der Waals surface area contributed by atoms with Gasteiger partial charge in [-0.2, -0.15) is 22.0 Å². The quantitative estimate of drug-likeness (QED) is 0.559. The zero-order valence-electron chi connectivity index (χ0n) is 6.44. The van der Waals surface area contributed by atoms with E-state index in [0.29, 0.717) is 0 Å². The summed E-state index contributed by atoms with van der Waals surface area (Å²) in [6.07, 6.45) is -5.07. The maximum absolute atomic E-state index is 12.4. The van der Waals surface area contributed by atoms with E-state index >= 15 is 0 Å². The van der Waals surface area contributed by atoms with E-state index in [4.69, 9.17) is 0 Å². The second-order valence-electron chi connectivity index (χ2n) is 2.38. The van der Waals surface area contributed by atoms with Gasteiger partial charge in [-0.05, 0) is 12.1 Å². The van der Waals surface area contributed by atoms with Crippen LogP contribution in [0.3, 0.4) is 0 Å². The standard InChI is InChI=1S/C7H3F5O2/c8-6(9,7(10,11)12)5(13)4-2-1-3-14-4/h1-3H. The first-order valence-electron chi connectivity index (χ1n) is 3.29. The topological polar surface area (TPSA) is 30.2 Å². The molecule has 0 spiro atoms. The zero-order valence-corrected chi connectivity index (χ0v) is 6.44. The molecule has 1 heterocycles. The van der Waals surface area contributed by atoms with Crippen LogP contribution in [0.5, 0.6) is 0 Å². The van der Waals surface area contributed by atoms with Gasteiger partial charge in [0, 0.05) is 0 Å². The molecule has 0 aliphatic carbocycles. The molecule has 1 rings (SSSR count). The summed E-state index contributed by atoms with van der Waals surface area (Å²) in [6.45, 7) is 0. The minimum absolute atomic E-state index is 0.738. The third kappa shape index (κ3) is 1.61. The molecule has 0 N–H and O–H groups in total. The molecule has 0 bridgehead atoms. The molecule has 0 radical (unpaired) electrons. The summed E-state index contributed by atoms with van der Waals surface area (Å²) in [5.74, 6) is -8.83. The Balaban J connectivity index is 3.01. The Morgan fingerprint density at radius 3 is 2.14 bits per heavy atom. The monoisotopic (exact) mass is 214 g/mol. The molecule has 0 atom stereocenters. The van der Waals surface area contributed by atoms with E-state index in [2.05, 4.69) is 4.42 Å². The van der Waals surface area contributed by atoms with E-state index in [1.165, 1.54) is 0 Å². The second kappa shape index (κ2) is 3.07. The smallest absolute Gasteiger partial charge is 0.461 e. The number of carbonyl (C=O) groups is 1. The number of carbonyl (C=O) groups excluding carboxylic acids is 1. The molecular weight excluding hydrogens is 211 g/mol. The normalized spacial score (nSPS) is 12.9. The fourth-order valence-electron chi connectivity index (χ4n) is 0.691. The van der Waals surface area contributed by atoms with Gasteiger partial charge >= 0.3 is 12.1 Å². The van der Waals surface area contributed by atoms with Crippen molar-refractivity contribution in [2.45, 2.75) is 12.1 Å². The number of furan rings is 1. The molecule has 0 aliphatic rings. The molecule has 0 saturated carbocycles. The molecule has 0 aromatic carbocycles. The second-order valence-corrected chi connectivity index (χ2v) is 2.38. The van der Waals surface area contributed by atoms with E-state index in [1.807, 2.05) is 0 Å². The van der Waals surface area contributed by atoms with Gasteiger partial charge in [-0.15, -0.1) is 0 Å². The van der Waals surface area contributed by atoms with Gasteiger partial charge in [-0.25, -0.2) is 0 Å². The Bertz CT molecular complexity index is 324. The van der Waals surface area contributed by atoms with Crippen LogP contribution in [0.15, 0.2) is 22.8 Å².